The van der Waals surface area contributed by atoms with E-state index in [1.54, 1.807) is 7.11 Å². The number of likely N-dealkylation sites (tertiary alicyclic amines) is 1. The molecule has 1 aromatic carbocycles. The van der Waals surface area contributed by atoms with Crippen molar-refractivity contribution < 1.29 is 14.6 Å². The number of benzene rings is 1. The van der Waals surface area contributed by atoms with Crippen LogP contribution in [0, 0.1) is 5.92 Å². The van der Waals surface area contributed by atoms with Gasteiger partial charge >= 0.3 is 0 Å². The predicted molar refractivity (Wildman–Crippen MR) is 128 cm³/mol. The molecule has 3 heterocycles. The number of aromatic nitrogens is 1. The normalized spacial score (nSPS) is 22.8. The Labute approximate surface area is 191 Å². The van der Waals surface area contributed by atoms with E-state index >= 15 is 0 Å². The van der Waals surface area contributed by atoms with Crippen LogP contribution < -0.4 is 4.74 Å². The molecular formula is C26H39N3O3. The van der Waals surface area contributed by atoms with Crippen molar-refractivity contribution in [3.63, 3.8) is 0 Å². The lowest BCUT2D eigenvalue weighted by Gasteiger charge is -2.50. The van der Waals surface area contributed by atoms with Crippen molar-refractivity contribution in [2.24, 2.45) is 5.92 Å². The first-order valence-corrected chi connectivity index (χ1v) is 12.4. The highest BCUT2D eigenvalue weighted by molar-refractivity contribution is 5.88. The second-order valence-electron chi connectivity index (χ2n) is 9.32. The Kier molecular flexibility index (Phi) is 6.82. The molecule has 6 heteroatoms. The molecule has 6 nitrogen and oxygen atoms in total. The van der Waals surface area contributed by atoms with Crippen molar-refractivity contribution in [2.75, 3.05) is 39.9 Å². The van der Waals surface area contributed by atoms with Gasteiger partial charge in [0.15, 0.2) is 0 Å². The van der Waals surface area contributed by atoms with E-state index in [0.29, 0.717) is 5.91 Å². The fourth-order valence-electron chi connectivity index (χ4n) is 5.92. The lowest BCUT2D eigenvalue weighted by Crippen LogP contribution is -2.55. The summed E-state index contributed by atoms with van der Waals surface area (Å²) in [4.78, 5) is 21.0. The molecule has 1 unspecified atom stereocenters. The van der Waals surface area contributed by atoms with Crippen LogP contribution in [0.1, 0.15) is 70.2 Å². The molecule has 2 fully saturated rings. The zero-order valence-corrected chi connectivity index (χ0v) is 20.1. The van der Waals surface area contributed by atoms with Crippen LogP contribution in [0.3, 0.4) is 0 Å². The maximum absolute atomic E-state index is 12.8. The number of fused-ring (bicyclic) bond motifs is 4. The van der Waals surface area contributed by atoms with Gasteiger partial charge in [-0.15, -0.1) is 0 Å². The molecular weight excluding hydrogens is 402 g/mol. The van der Waals surface area contributed by atoms with E-state index in [2.05, 4.69) is 33.8 Å². The summed E-state index contributed by atoms with van der Waals surface area (Å²) >= 11 is 0. The van der Waals surface area contributed by atoms with Crippen LogP contribution in [0.2, 0.25) is 0 Å². The van der Waals surface area contributed by atoms with Gasteiger partial charge in [0.1, 0.15) is 5.75 Å². The molecule has 1 saturated heterocycles. The first-order chi connectivity index (χ1) is 15.6. The highest BCUT2D eigenvalue weighted by Crippen LogP contribution is 2.49. The number of hydrogen-bond acceptors (Lipinski definition) is 4. The number of aliphatic hydroxyl groups is 1. The summed E-state index contributed by atoms with van der Waals surface area (Å²) < 4.78 is 5.44. The second kappa shape index (κ2) is 9.44. The van der Waals surface area contributed by atoms with Gasteiger partial charge in [-0.25, -0.2) is 0 Å². The Hall–Kier alpha value is -2.05. The van der Waals surface area contributed by atoms with Gasteiger partial charge < -0.3 is 19.7 Å². The molecule has 1 saturated carbocycles. The smallest absolute Gasteiger partial charge is 0.225 e. The van der Waals surface area contributed by atoms with Gasteiger partial charge in [0.25, 0.3) is 0 Å². The zero-order valence-electron chi connectivity index (χ0n) is 20.1. The molecule has 32 heavy (non-hydrogen) atoms. The fourth-order valence-corrected chi connectivity index (χ4v) is 5.92. The Morgan fingerprint density at radius 1 is 1.25 bits per heavy atom. The maximum Gasteiger partial charge on any atom is 0.225 e. The molecule has 2 aromatic rings. The minimum Gasteiger partial charge on any atom is -0.497 e. The number of piperidine rings is 1. The molecule has 1 spiro atoms. The van der Waals surface area contributed by atoms with E-state index in [1.165, 1.54) is 17.4 Å². The number of carbonyl (C=O) groups is 1. The highest BCUT2D eigenvalue weighted by Gasteiger charge is 2.47. The van der Waals surface area contributed by atoms with Gasteiger partial charge in [0, 0.05) is 53.6 Å². The van der Waals surface area contributed by atoms with Crippen molar-refractivity contribution in [3.05, 3.63) is 29.5 Å². The standard InChI is InChI=1S/C24H33N3O3.C2H6/c1-3-26-15-24(9-11-27(12-10-24)23(29)16-5-4-6-16)21-18-8-7-17(30-2)13-19(18)25-22(21)20(26)14-28;1-2/h7-8,13,16,20,25,28H,3-6,9-12,14-15H2,1-2H3;1-2H3. The minimum absolute atomic E-state index is 0.0105. The van der Waals surface area contributed by atoms with Crippen LogP contribution in [0.25, 0.3) is 10.9 Å². The van der Waals surface area contributed by atoms with Crippen LogP contribution in [-0.4, -0.2) is 65.7 Å². The average Bonchev–Trinajstić information content (AvgIpc) is 3.19. The van der Waals surface area contributed by atoms with Gasteiger partial charge in [-0.1, -0.05) is 27.2 Å². The van der Waals surface area contributed by atoms with Gasteiger partial charge in [0.2, 0.25) is 5.91 Å². The first kappa shape index (κ1) is 23.1. The second-order valence-corrected chi connectivity index (χ2v) is 9.32. The van der Waals surface area contributed by atoms with Gasteiger partial charge in [-0.05, 0) is 49.9 Å². The summed E-state index contributed by atoms with van der Waals surface area (Å²) in [5.74, 6) is 1.48. The first-order valence-electron chi connectivity index (χ1n) is 12.4. The number of carbonyl (C=O) groups excluding carboxylic acids is 1. The summed E-state index contributed by atoms with van der Waals surface area (Å²) in [6.07, 6.45) is 5.29. The van der Waals surface area contributed by atoms with Crippen molar-refractivity contribution in [2.45, 2.75) is 64.3 Å². The number of nitrogens with one attached hydrogen (secondary N) is 1. The van der Waals surface area contributed by atoms with Gasteiger partial charge in [0.05, 0.1) is 19.8 Å². The third-order valence-electron chi connectivity index (χ3n) is 7.91. The Balaban J connectivity index is 0.00000119. The van der Waals surface area contributed by atoms with Crippen molar-refractivity contribution in [1.29, 1.82) is 0 Å². The quantitative estimate of drug-likeness (QED) is 0.745. The van der Waals surface area contributed by atoms with Crippen molar-refractivity contribution in [1.82, 2.24) is 14.8 Å². The van der Waals surface area contributed by atoms with E-state index in [1.807, 2.05) is 19.9 Å². The number of ether oxygens (including phenoxy) is 1. The van der Waals surface area contributed by atoms with Gasteiger partial charge in [-0.3, -0.25) is 9.69 Å². The Morgan fingerprint density at radius 3 is 2.53 bits per heavy atom. The van der Waals surface area contributed by atoms with Crippen LogP contribution in [-0.2, 0) is 10.2 Å². The summed E-state index contributed by atoms with van der Waals surface area (Å²) in [7, 11) is 1.69. The zero-order chi connectivity index (χ0) is 22.9. The lowest BCUT2D eigenvalue weighted by atomic mass is 9.68. The summed E-state index contributed by atoms with van der Waals surface area (Å²) in [5, 5.41) is 11.5. The van der Waals surface area contributed by atoms with Crippen LogP contribution in [0.15, 0.2) is 18.2 Å². The maximum atomic E-state index is 12.8. The summed E-state index contributed by atoms with van der Waals surface area (Å²) in [5.41, 5.74) is 3.59. The molecule has 2 N–H and O–H groups in total. The molecule has 1 aliphatic carbocycles. The third-order valence-corrected chi connectivity index (χ3v) is 7.91. The number of amides is 1. The molecule has 0 bridgehead atoms. The SMILES string of the molecule is CC.CCN1CC2(CCN(C(=O)C3CCC3)CC2)c2c([nH]c3cc(OC)ccc23)C1CO. The van der Waals surface area contributed by atoms with Crippen LogP contribution in [0.4, 0.5) is 0 Å². The number of methoxy groups -OCH3 is 1. The van der Waals surface area contributed by atoms with Crippen molar-refractivity contribution in [3.8, 4) is 5.75 Å². The number of nitrogens with zero attached hydrogens (tertiary/aromatic N) is 2. The fraction of sp³-hybridized carbons (Fsp3) is 0.654. The van der Waals surface area contributed by atoms with Crippen LogP contribution in [0.5, 0.6) is 5.75 Å². The number of H-pyrrole nitrogens is 1. The number of aliphatic hydroxyl groups excluding tert-OH is 1. The van der Waals surface area contributed by atoms with Gasteiger partial charge in [-0.2, -0.15) is 0 Å². The predicted octanol–water partition coefficient (Wildman–Crippen LogP) is 4.23. The molecule has 2 aliphatic heterocycles. The van der Waals surface area contributed by atoms with Crippen LogP contribution >= 0.6 is 0 Å². The Bertz CT molecular complexity index is 941. The molecule has 0 radical (unpaired) electrons. The highest BCUT2D eigenvalue weighted by atomic mass is 16.5. The van der Waals surface area contributed by atoms with Crippen molar-refractivity contribution >= 4 is 16.8 Å². The molecule has 176 valence electrons. The number of rotatable bonds is 4. The molecule has 5 rings (SSSR count). The van der Waals surface area contributed by atoms with E-state index in [0.717, 1.165) is 68.8 Å². The summed E-state index contributed by atoms with van der Waals surface area (Å²) in [6, 6.07) is 6.23. The number of likely N-dealkylation sites (N-methyl/N-ethyl adjacent to an activating group) is 1. The van der Waals surface area contributed by atoms with E-state index in [9.17, 15) is 9.90 Å². The summed E-state index contributed by atoms with van der Waals surface area (Å²) in [6.45, 7) is 9.77. The lowest BCUT2D eigenvalue weighted by molar-refractivity contribution is -0.140. The largest absolute Gasteiger partial charge is 0.497 e. The topological polar surface area (TPSA) is 68.8 Å². The average molecular weight is 442 g/mol. The van der Waals surface area contributed by atoms with E-state index in [-0.39, 0.29) is 24.0 Å². The third kappa shape index (κ3) is 3.71. The monoisotopic (exact) mass is 441 g/mol. The number of aromatic amines is 1. The molecule has 1 aromatic heterocycles. The minimum atomic E-state index is -0.0105. The van der Waals surface area contributed by atoms with E-state index < -0.39 is 0 Å². The Morgan fingerprint density at radius 2 is 1.97 bits per heavy atom. The molecule has 1 amide bonds. The number of hydrogen-bond donors (Lipinski definition) is 2. The molecule has 3 aliphatic rings. The molecule has 1 atom stereocenters. The van der Waals surface area contributed by atoms with E-state index in [4.69, 9.17) is 4.74 Å².